The van der Waals surface area contributed by atoms with Crippen LogP contribution in [0.25, 0.3) is 0 Å². The molecule has 1 aromatic carbocycles. The first kappa shape index (κ1) is 15.9. The minimum absolute atomic E-state index is 0.240. The molecule has 0 saturated carbocycles. The van der Waals surface area contributed by atoms with Gasteiger partial charge in [0.15, 0.2) is 0 Å². The van der Waals surface area contributed by atoms with E-state index in [4.69, 9.17) is 16.3 Å². The summed E-state index contributed by atoms with van der Waals surface area (Å²) in [5, 5.41) is 13.9. The highest BCUT2D eigenvalue weighted by Crippen LogP contribution is 2.21. The number of halogens is 1. The third kappa shape index (κ3) is 4.51. The number of likely N-dealkylation sites (tertiary alicyclic amines) is 1. The molecule has 1 aliphatic rings. The summed E-state index contributed by atoms with van der Waals surface area (Å²) in [6.45, 7) is 6.10. The fourth-order valence-corrected chi connectivity index (χ4v) is 2.39. The Hall–Kier alpha value is -1.46. The van der Waals surface area contributed by atoms with Gasteiger partial charge in [-0.1, -0.05) is 17.7 Å². The monoisotopic (exact) mass is 312 g/mol. The first-order chi connectivity index (χ1) is 9.74. The average molecular weight is 313 g/mol. The smallest absolute Gasteiger partial charge is 0.410 e. The number of amides is 1. The van der Waals surface area contributed by atoms with E-state index in [9.17, 15) is 9.90 Å². The molecular weight excluding hydrogens is 292 g/mol. The summed E-state index contributed by atoms with van der Waals surface area (Å²) in [6.07, 6.45) is -1.05. The van der Waals surface area contributed by atoms with E-state index in [-0.39, 0.29) is 12.6 Å². The van der Waals surface area contributed by atoms with Crippen molar-refractivity contribution in [1.82, 2.24) is 4.90 Å². The SMILES string of the molecule is CC(C)(C)OC(=O)N1C[C@H](Nc2cccc(Cl)c2)[C@@H](O)C1. The Balaban J connectivity index is 1.96. The maximum absolute atomic E-state index is 12.0. The van der Waals surface area contributed by atoms with Crippen molar-refractivity contribution in [2.45, 2.75) is 38.5 Å². The summed E-state index contributed by atoms with van der Waals surface area (Å²) in [6, 6.07) is 7.03. The van der Waals surface area contributed by atoms with E-state index in [0.717, 1.165) is 5.69 Å². The minimum atomic E-state index is -0.642. The van der Waals surface area contributed by atoms with Crippen LogP contribution in [0.5, 0.6) is 0 Å². The van der Waals surface area contributed by atoms with Gasteiger partial charge in [0.1, 0.15) is 5.60 Å². The van der Waals surface area contributed by atoms with Crippen molar-refractivity contribution in [2.75, 3.05) is 18.4 Å². The maximum atomic E-state index is 12.0. The molecule has 1 aliphatic heterocycles. The fourth-order valence-electron chi connectivity index (χ4n) is 2.20. The van der Waals surface area contributed by atoms with Crippen molar-refractivity contribution < 1.29 is 14.6 Å². The Kier molecular flexibility index (Phi) is 4.64. The van der Waals surface area contributed by atoms with Gasteiger partial charge in [-0.3, -0.25) is 0 Å². The standard InChI is InChI=1S/C15H21ClN2O3/c1-15(2,3)21-14(20)18-8-12(13(19)9-18)17-11-6-4-5-10(16)7-11/h4-7,12-13,17,19H,8-9H2,1-3H3/t12-,13-/m0/s1. The summed E-state index contributed by atoms with van der Waals surface area (Å²) in [7, 11) is 0. The number of hydrogen-bond donors (Lipinski definition) is 2. The first-order valence-corrected chi connectivity index (χ1v) is 7.30. The molecule has 0 aliphatic carbocycles. The Labute approximate surface area is 129 Å². The molecule has 21 heavy (non-hydrogen) atoms. The number of benzene rings is 1. The Bertz CT molecular complexity index is 516. The zero-order valence-electron chi connectivity index (χ0n) is 12.5. The highest BCUT2D eigenvalue weighted by atomic mass is 35.5. The summed E-state index contributed by atoms with van der Waals surface area (Å²) >= 11 is 5.93. The van der Waals surface area contributed by atoms with Gasteiger partial charge in [0.25, 0.3) is 0 Å². The molecule has 6 heteroatoms. The second-order valence-corrected chi connectivity index (χ2v) is 6.65. The summed E-state index contributed by atoms with van der Waals surface area (Å²) in [5.41, 5.74) is 0.276. The summed E-state index contributed by atoms with van der Waals surface area (Å²) in [5.74, 6) is 0. The molecule has 2 atom stereocenters. The number of nitrogens with zero attached hydrogens (tertiary/aromatic N) is 1. The number of ether oxygens (including phenoxy) is 1. The molecule has 0 bridgehead atoms. The second kappa shape index (κ2) is 6.12. The van der Waals surface area contributed by atoms with Crippen LogP contribution in [0.3, 0.4) is 0 Å². The van der Waals surface area contributed by atoms with Gasteiger partial charge in [-0.2, -0.15) is 0 Å². The Morgan fingerprint density at radius 1 is 1.43 bits per heavy atom. The predicted molar refractivity (Wildman–Crippen MR) is 82.7 cm³/mol. The topological polar surface area (TPSA) is 61.8 Å². The molecule has 1 heterocycles. The molecule has 0 unspecified atom stereocenters. The van der Waals surface area contributed by atoms with Crippen LogP contribution in [0.4, 0.5) is 10.5 Å². The zero-order valence-corrected chi connectivity index (χ0v) is 13.2. The molecular formula is C15H21ClN2O3. The van der Waals surface area contributed by atoms with Crippen molar-refractivity contribution in [3.63, 3.8) is 0 Å². The van der Waals surface area contributed by atoms with Crippen LogP contribution in [0.1, 0.15) is 20.8 Å². The number of hydrogen-bond acceptors (Lipinski definition) is 4. The molecule has 0 radical (unpaired) electrons. The quantitative estimate of drug-likeness (QED) is 0.881. The van der Waals surface area contributed by atoms with Gasteiger partial charge < -0.3 is 20.1 Å². The van der Waals surface area contributed by atoms with E-state index < -0.39 is 17.8 Å². The molecule has 1 aromatic rings. The number of carbonyl (C=O) groups excluding carboxylic acids is 1. The zero-order chi connectivity index (χ0) is 15.6. The van der Waals surface area contributed by atoms with Crippen LogP contribution in [0.15, 0.2) is 24.3 Å². The van der Waals surface area contributed by atoms with Crippen LogP contribution < -0.4 is 5.32 Å². The molecule has 2 N–H and O–H groups in total. The van der Waals surface area contributed by atoms with Crippen molar-refractivity contribution in [3.8, 4) is 0 Å². The number of aliphatic hydroxyl groups is 1. The summed E-state index contributed by atoms with van der Waals surface area (Å²) < 4.78 is 5.31. The lowest BCUT2D eigenvalue weighted by Crippen LogP contribution is -2.36. The average Bonchev–Trinajstić information content (AvgIpc) is 2.69. The third-order valence-electron chi connectivity index (χ3n) is 3.12. The number of anilines is 1. The second-order valence-electron chi connectivity index (χ2n) is 6.21. The van der Waals surface area contributed by atoms with E-state index in [1.807, 2.05) is 32.9 Å². The normalized spacial score (nSPS) is 22.2. The van der Waals surface area contributed by atoms with Gasteiger partial charge in [0.2, 0.25) is 0 Å². The number of rotatable bonds is 2. The number of carbonyl (C=O) groups is 1. The molecule has 0 spiro atoms. The molecule has 1 saturated heterocycles. The van der Waals surface area contributed by atoms with Gasteiger partial charge in [0.05, 0.1) is 18.7 Å². The van der Waals surface area contributed by atoms with Crippen LogP contribution >= 0.6 is 11.6 Å². The lowest BCUT2D eigenvalue weighted by molar-refractivity contribution is 0.0270. The summed E-state index contributed by atoms with van der Waals surface area (Å²) in [4.78, 5) is 13.5. The largest absolute Gasteiger partial charge is 0.444 e. The van der Waals surface area contributed by atoms with Crippen LogP contribution in [0.2, 0.25) is 5.02 Å². The van der Waals surface area contributed by atoms with Gasteiger partial charge in [0, 0.05) is 17.3 Å². The molecule has 2 rings (SSSR count). The van der Waals surface area contributed by atoms with Crippen molar-refractivity contribution in [1.29, 1.82) is 0 Å². The van der Waals surface area contributed by atoms with Crippen LogP contribution in [-0.2, 0) is 4.74 Å². The highest BCUT2D eigenvalue weighted by molar-refractivity contribution is 6.30. The fraction of sp³-hybridized carbons (Fsp3) is 0.533. The van der Waals surface area contributed by atoms with Gasteiger partial charge in [-0.15, -0.1) is 0 Å². The lowest BCUT2D eigenvalue weighted by atomic mass is 10.2. The molecule has 1 fully saturated rings. The molecule has 0 aromatic heterocycles. The Morgan fingerprint density at radius 2 is 2.14 bits per heavy atom. The molecule has 5 nitrogen and oxygen atoms in total. The van der Waals surface area contributed by atoms with Crippen LogP contribution in [0, 0.1) is 0 Å². The third-order valence-corrected chi connectivity index (χ3v) is 3.35. The number of β-amino-alcohol motifs (C(OH)–C–C–N with tert-alkyl or cyclic N) is 1. The molecule has 1 amide bonds. The molecule has 116 valence electrons. The van der Waals surface area contributed by atoms with E-state index in [1.54, 1.807) is 12.1 Å². The maximum Gasteiger partial charge on any atom is 0.410 e. The van der Waals surface area contributed by atoms with Crippen LogP contribution in [-0.4, -0.2) is 46.9 Å². The Morgan fingerprint density at radius 3 is 2.76 bits per heavy atom. The van der Waals surface area contributed by atoms with E-state index in [1.165, 1.54) is 4.90 Å². The van der Waals surface area contributed by atoms with Gasteiger partial charge in [-0.25, -0.2) is 4.79 Å². The van der Waals surface area contributed by atoms with Crippen molar-refractivity contribution in [3.05, 3.63) is 29.3 Å². The van der Waals surface area contributed by atoms with Gasteiger partial charge >= 0.3 is 6.09 Å². The van der Waals surface area contributed by atoms with E-state index in [0.29, 0.717) is 11.6 Å². The van der Waals surface area contributed by atoms with E-state index >= 15 is 0 Å². The van der Waals surface area contributed by atoms with Crippen molar-refractivity contribution >= 4 is 23.4 Å². The lowest BCUT2D eigenvalue weighted by Gasteiger charge is -2.24. The first-order valence-electron chi connectivity index (χ1n) is 6.93. The predicted octanol–water partition coefficient (Wildman–Crippen LogP) is 2.73. The van der Waals surface area contributed by atoms with E-state index in [2.05, 4.69) is 5.32 Å². The van der Waals surface area contributed by atoms with Gasteiger partial charge in [-0.05, 0) is 39.0 Å². The minimum Gasteiger partial charge on any atom is -0.444 e. The highest BCUT2D eigenvalue weighted by Gasteiger charge is 2.36. The number of aliphatic hydroxyl groups excluding tert-OH is 1. The van der Waals surface area contributed by atoms with Crippen molar-refractivity contribution in [2.24, 2.45) is 0 Å². The number of nitrogens with one attached hydrogen (secondary N) is 1.